The number of carboxylic acids is 1. The van der Waals surface area contributed by atoms with Crippen molar-refractivity contribution >= 4 is 11.7 Å². The van der Waals surface area contributed by atoms with Gasteiger partial charge in [-0.25, -0.2) is 4.79 Å². The predicted molar refractivity (Wildman–Crippen MR) is 59.2 cm³/mol. The maximum atomic E-state index is 10.9. The van der Waals surface area contributed by atoms with Gasteiger partial charge in [0.2, 0.25) is 0 Å². The number of carboxylic acid groups (broad SMARTS) is 1. The number of hydrogen-bond acceptors (Lipinski definition) is 3. The summed E-state index contributed by atoms with van der Waals surface area (Å²) in [6.45, 7) is 6.10. The van der Waals surface area contributed by atoms with Crippen molar-refractivity contribution in [2.75, 3.05) is 11.9 Å². The minimum absolute atomic E-state index is 0.199. The van der Waals surface area contributed by atoms with E-state index >= 15 is 0 Å². The van der Waals surface area contributed by atoms with Crippen LogP contribution in [0.3, 0.4) is 0 Å². The van der Waals surface area contributed by atoms with Gasteiger partial charge in [-0.3, -0.25) is 4.98 Å². The third-order valence-corrected chi connectivity index (χ3v) is 1.94. The van der Waals surface area contributed by atoms with Crippen molar-refractivity contribution in [2.45, 2.75) is 13.3 Å². The molecule has 0 fully saturated rings. The van der Waals surface area contributed by atoms with Gasteiger partial charge in [-0.05, 0) is 19.4 Å². The Labute approximate surface area is 88.7 Å². The van der Waals surface area contributed by atoms with Crippen LogP contribution in [0.2, 0.25) is 0 Å². The standard InChI is InChI=1S/C11H14N2O2/c1-3-4-5-12-10-6-8(2)13-7-9(10)11(14)15/h3,6-7H,1,4-5H2,2H3,(H,12,13)(H,14,15). The fourth-order valence-electron chi connectivity index (χ4n) is 1.19. The Morgan fingerprint density at radius 3 is 3.07 bits per heavy atom. The molecular formula is C11H14N2O2. The quantitative estimate of drug-likeness (QED) is 0.572. The van der Waals surface area contributed by atoms with Crippen molar-refractivity contribution in [3.63, 3.8) is 0 Å². The van der Waals surface area contributed by atoms with Crippen molar-refractivity contribution in [3.8, 4) is 0 Å². The lowest BCUT2D eigenvalue weighted by Gasteiger charge is -2.08. The van der Waals surface area contributed by atoms with Crippen molar-refractivity contribution in [1.82, 2.24) is 4.98 Å². The molecule has 4 heteroatoms. The number of aromatic nitrogens is 1. The van der Waals surface area contributed by atoms with E-state index in [1.165, 1.54) is 6.20 Å². The predicted octanol–water partition coefficient (Wildman–Crippen LogP) is 2.08. The summed E-state index contributed by atoms with van der Waals surface area (Å²) in [6.07, 6.45) is 3.94. The van der Waals surface area contributed by atoms with Gasteiger partial charge in [-0.2, -0.15) is 0 Å². The lowest BCUT2D eigenvalue weighted by atomic mass is 10.2. The molecule has 0 aliphatic rings. The van der Waals surface area contributed by atoms with Crippen LogP contribution in [0.15, 0.2) is 24.9 Å². The molecule has 4 nitrogen and oxygen atoms in total. The Hall–Kier alpha value is -1.84. The van der Waals surface area contributed by atoms with Gasteiger partial charge < -0.3 is 10.4 Å². The molecule has 0 aliphatic heterocycles. The Kier molecular flexibility index (Phi) is 3.85. The highest BCUT2D eigenvalue weighted by atomic mass is 16.4. The largest absolute Gasteiger partial charge is 0.478 e. The minimum Gasteiger partial charge on any atom is -0.478 e. The van der Waals surface area contributed by atoms with Crippen LogP contribution in [0.1, 0.15) is 22.5 Å². The number of hydrogen-bond donors (Lipinski definition) is 2. The van der Waals surface area contributed by atoms with Crippen LogP contribution < -0.4 is 5.32 Å². The first-order chi connectivity index (χ1) is 7.15. The van der Waals surface area contributed by atoms with Crippen molar-refractivity contribution in [1.29, 1.82) is 0 Å². The van der Waals surface area contributed by atoms with Gasteiger partial charge in [0.1, 0.15) is 5.56 Å². The number of aryl methyl sites for hydroxylation is 1. The van der Waals surface area contributed by atoms with E-state index in [-0.39, 0.29) is 5.56 Å². The summed E-state index contributed by atoms with van der Waals surface area (Å²) in [5.41, 5.74) is 1.60. The van der Waals surface area contributed by atoms with Gasteiger partial charge >= 0.3 is 5.97 Å². The van der Waals surface area contributed by atoms with Crippen LogP contribution in [0.4, 0.5) is 5.69 Å². The van der Waals surface area contributed by atoms with E-state index in [2.05, 4.69) is 16.9 Å². The van der Waals surface area contributed by atoms with Gasteiger partial charge in [0, 0.05) is 18.4 Å². The van der Waals surface area contributed by atoms with Crippen LogP contribution in [0.25, 0.3) is 0 Å². The second-order valence-corrected chi connectivity index (χ2v) is 3.18. The van der Waals surface area contributed by atoms with Crippen LogP contribution in [0, 0.1) is 6.92 Å². The van der Waals surface area contributed by atoms with Gasteiger partial charge in [0.05, 0.1) is 5.69 Å². The number of carbonyl (C=O) groups is 1. The number of nitrogens with one attached hydrogen (secondary N) is 1. The van der Waals surface area contributed by atoms with Crippen molar-refractivity contribution in [2.24, 2.45) is 0 Å². The summed E-state index contributed by atoms with van der Waals surface area (Å²) in [7, 11) is 0. The molecule has 0 atom stereocenters. The van der Waals surface area contributed by atoms with E-state index in [0.29, 0.717) is 12.2 Å². The van der Waals surface area contributed by atoms with E-state index < -0.39 is 5.97 Å². The van der Waals surface area contributed by atoms with E-state index in [0.717, 1.165) is 12.1 Å². The number of nitrogens with zero attached hydrogens (tertiary/aromatic N) is 1. The molecule has 1 heterocycles. The molecule has 2 N–H and O–H groups in total. The molecule has 0 aliphatic carbocycles. The van der Waals surface area contributed by atoms with E-state index in [1.54, 1.807) is 12.1 Å². The fraction of sp³-hybridized carbons (Fsp3) is 0.273. The summed E-state index contributed by atoms with van der Waals surface area (Å²) in [5.74, 6) is -0.969. The minimum atomic E-state index is -0.969. The average molecular weight is 206 g/mol. The number of aromatic carboxylic acids is 1. The Bertz CT molecular complexity index is 375. The summed E-state index contributed by atoms with van der Waals surface area (Å²) in [6, 6.07) is 1.73. The second-order valence-electron chi connectivity index (χ2n) is 3.18. The number of pyridine rings is 1. The van der Waals surface area contributed by atoms with Crippen LogP contribution >= 0.6 is 0 Å². The van der Waals surface area contributed by atoms with E-state index in [1.807, 2.05) is 6.92 Å². The molecular weight excluding hydrogens is 192 g/mol. The molecule has 15 heavy (non-hydrogen) atoms. The summed E-state index contributed by atoms with van der Waals surface area (Å²) in [4.78, 5) is 14.8. The SMILES string of the molecule is C=CCCNc1cc(C)ncc1C(=O)O. The highest BCUT2D eigenvalue weighted by Gasteiger charge is 2.09. The third kappa shape index (κ3) is 3.09. The molecule has 0 saturated carbocycles. The molecule has 0 saturated heterocycles. The molecule has 0 unspecified atom stereocenters. The fourth-order valence-corrected chi connectivity index (χ4v) is 1.19. The first-order valence-corrected chi connectivity index (χ1v) is 4.70. The summed E-state index contributed by atoms with van der Waals surface area (Å²) < 4.78 is 0. The van der Waals surface area contributed by atoms with Crippen LogP contribution in [-0.2, 0) is 0 Å². The molecule has 0 radical (unpaired) electrons. The average Bonchev–Trinajstić information content (AvgIpc) is 2.18. The maximum Gasteiger partial charge on any atom is 0.339 e. The monoisotopic (exact) mass is 206 g/mol. The lowest BCUT2D eigenvalue weighted by Crippen LogP contribution is -2.08. The van der Waals surface area contributed by atoms with Gasteiger partial charge in [0.25, 0.3) is 0 Å². The molecule has 80 valence electrons. The highest BCUT2D eigenvalue weighted by molar-refractivity contribution is 5.93. The first kappa shape index (κ1) is 11.2. The second kappa shape index (κ2) is 5.14. The summed E-state index contributed by atoms with van der Waals surface area (Å²) in [5, 5.41) is 12.0. The van der Waals surface area contributed by atoms with E-state index in [9.17, 15) is 4.79 Å². The van der Waals surface area contributed by atoms with Gasteiger partial charge in [-0.1, -0.05) is 6.08 Å². The van der Waals surface area contributed by atoms with E-state index in [4.69, 9.17) is 5.11 Å². The normalized spacial score (nSPS) is 9.67. The highest BCUT2D eigenvalue weighted by Crippen LogP contribution is 2.15. The third-order valence-electron chi connectivity index (χ3n) is 1.94. The lowest BCUT2D eigenvalue weighted by molar-refractivity contribution is 0.0697. The van der Waals surface area contributed by atoms with Gasteiger partial charge in [-0.15, -0.1) is 6.58 Å². The summed E-state index contributed by atoms with van der Waals surface area (Å²) >= 11 is 0. The molecule has 0 spiro atoms. The zero-order chi connectivity index (χ0) is 11.3. The van der Waals surface area contributed by atoms with Crippen molar-refractivity contribution < 1.29 is 9.90 Å². The smallest absolute Gasteiger partial charge is 0.339 e. The molecule has 1 rings (SSSR count). The van der Waals surface area contributed by atoms with Crippen molar-refractivity contribution in [3.05, 3.63) is 36.2 Å². The van der Waals surface area contributed by atoms with Crippen LogP contribution in [0.5, 0.6) is 0 Å². The molecule has 0 amide bonds. The Balaban J connectivity index is 2.86. The molecule has 1 aromatic rings. The molecule has 0 bridgehead atoms. The zero-order valence-electron chi connectivity index (χ0n) is 8.66. The Morgan fingerprint density at radius 1 is 1.73 bits per heavy atom. The first-order valence-electron chi connectivity index (χ1n) is 4.70. The zero-order valence-corrected chi connectivity index (χ0v) is 8.66. The maximum absolute atomic E-state index is 10.9. The number of anilines is 1. The number of rotatable bonds is 5. The molecule has 1 aromatic heterocycles. The topological polar surface area (TPSA) is 62.2 Å². The molecule has 0 aromatic carbocycles. The van der Waals surface area contributed by atoms with Crippen LogP contribution in [-0.4, -0.2) is 22.6 Å². The Morgan fingerprint density at radius 2 is 2.47 bits per heavy atom. The van der Waals surface area contributed by atoms with Gasteiger partial charge in [0.15, 0.2) is 0 Å².